The number of ketones is 1. The molecule has 3 aromatic rings. The van der Waals surface area contributed by atoms with E-state index in [4.69, 9.17) is 0 Å². The van der Waals surface area contributed by atoms with Gasteiger partial charge in [-0.15, -0.1) is 0 Å². The van der Waals surface area contributed by atoms with Crippen molar-refractivity contribution in [3.63, 3.8) is 0 Å². The molecule has 0 saturated carbocycles. The second-order valence-electron chi connectivity index (χ2n) is 5.18. The SMILES string of the molecule is O=C(Cn1cc(F)ccc1=O)c1ccc(-c2ccccc2)cc1. The zero-order chi connectivity index (χ0) is 16.2. The van der Waals surface area contributed by atoms with Crippen molar-refractivity contribution >= 4 is 5.78 Å². The highest BCUT2D eigenvalue weighted by Gasteiger charge is 2.09. The van der Waals surface area contributed by atoms with Gasteiger partial charge in [-0.25, -0.2) is 4.39 Å². The topological polar surface area (TPSA) is 39.1 Å². The first-order valence-electron chi connectivity index (χ1n) is 7.18. The van der Waals surface area contributed by atoms with Gasteiger partial charge >= 0.3 is 0 Å². The minimum atomic E-state index is -0.545. The van der Waals surface area contributed by atoms with Crippen LogP contribution < -0.4 is 5.56 Å². The van der Waals surface area contributed by atoms with Gasteiger partial charge in [-0.05, 0) is 17.2 Å². The Balaban J connectivity index is 1.81. The monoisotopic (exact) mass is 307 g/mol. The summed E-state index contributed by atoms with van der Waals surface area (Å²) in [6.45, 7) is -0.179. The Morgan fingerprint density at radius 1 is 0.870 bits per heavy atom. The van der Waals surface area contributed by atoms with Crippen molar-refractivity contribution < 1.29 is 9.18 Å². The van der Waals surface area contributed by atoms with Crippen LogP contribution in [-0.2, 0) is 6.54 Å². The first-order valence-corrected chi connectivity index (χ1v) is 7.18. The maximum Gasteiger partial charge on any atom is 0.251 e. The van der Waals surface area contributed by atoms with E-state index < -0.39 is 11.4 Å². The van der Waals surface area contributed by atoms with Crippen LogP contribution in [0.2, 0.25) is 0 Å². The average molecular weight is 307 g/mol. The lowest BCUT2D eigenvalue weighted by atomic mass is 10.0. The second-order valence-corrected chi connectivity index (χ2v) is 5.18. The molecule has 3 nitrogen and oxygen atoms in total. The van der Waals surface area contributed by atoms with Crippen molar-refractivity contribution in [2.45, 2.75) is 6.54 Å². The fourth-order valence-electron chi connectivity index (χ4n) is 2.35. The lowest BCUT2D eigenvalue weighted by molar-refractivity contribution is 0.0970. The van der Waals surface area contributed by atoms with Crippen molar-refractivity contribution in [3.05, 3.63) is 94.7 Å². The first-order chi connectivity index (χ1) is 11.1. The van der Waals surface area contributed by atoms with Gasteiger partial charge in [0.2, 0.25) is 0 Å². The van der Waals surface area contributed by atoms with E-state index in [1.54, 1.807) is 12.1 Å². The molecule has 0 N–H and O–H groups in total. The fraction of sp³-hybridized carbons (Fsp3) is 0.0526. The van der Waals surface area contributed by atoms with Crippen LogP contribution >= 0.6 is 0 Å². The number of Topliss-reactive ketones (excluding diaryl/α,β-unsaturated/α-hetero) is 1. The Hall–Kier alpha value is -3.01. The van der Waals surface area contributed by atoms with Crippen LogP contribution in [0.25, 0.3) is 11.1 Å². The number of rotatable bonds is 4. The largest absolute Gasteiger partial charge is 0.305 e. The van der Waals surface area contributed by atoms with E-state index in [2.05, 4.69) is 0 Å². The van der Waals surface area contributed by atoms with Crippen LogP contribution in [-0.4, -0.2) is 10.4 Å². The van der Waals surface area contributed by atoms with Crippen LogP contribution in [0.4, 0.5) is 4.39 Å². The molecular weight excluding hydrogens is 293 g/mol. The lowest BCUT2D eigenvalue weighted by Crippen LogP contribution is -2.23. The Kier molecular flexibility index (Phi) is 4.15. The number of pyridine rings is 1. The molecule has 114 valence electrons. The van der Waals surface area contributed by atoms with Gasteiger partial charge in [-0.2, -0.15) is 0 Å². The van der Waals surface area contributed by atoms with Crippen molar-refractivity contribution in [1.82, 2.24) is 4.57 Å². The van der Waals surface area contributed by atoms with Gasteiger partial charge in [-0.3, -0.25) is 9.59 Å². The number of halogens is 1. The van der Waals surface area contributed by atoms with Crippen molar-refractivity contribution in [3.8, 4) is 11.1 Å². The molecule has 0 unspecified atom stereocenters. The molecule has 0 saturated heterocycles. The highest BCUT2D eigenvalue weighted by atomic mass is 19.1. The minimum Gasteiger partial charge on any atom is -0.305 e. The van der Waals surface area contributed by atoms with Gasteiger partial charge in [0.05, 0.1) is 6.54 Å². The quantitative estimate of drug-likeness (QED) is 0.692. The number of benzene rings is 2. The summed E-state index contributed by atoms with van der Waals surface area (Å²) in [7, 11) is 0. The summed E-state index contributed by atoms with van der Waals surface area (Å²) >= 11 is 0. The molecule has 0 fully saturated rings. The molecule has 0 aliphatic carbocycles. The maximum atomic E-state index is 13.2. The molecule has 4 heteroatoms. The molecule has 23 heavy (non-hydrogen) atoms. The highest BCUT2D eigenvalue weighted by molar-refractivity contribution is 5.96. The van der Waals surface area contributed by atoms with Crippen LogP contribution in [0.15, 0.2) is 77.7 Å². The molecule has 0 amide bonds. The maximum absolute atomic E-state index is 13.2. The minimum absolute atomic E-state index is 0.179. The molecule has 0 atom stereocenters. The summed E-state index contributed by atoms with van der Waals surface area (Å²) in [5, 5.41) is 0. The van der Waals surface area contributed by atoms with Crippen LogP contribution in [0.1, 0.15) is 10.4 Å². The van der Waals surface area contributed by atoms with Gasteiger partial charge in [0.1, 0.15) is 5.82 Å². The average Bonchev–Trinajstić information content (AvgIpc) is 2.59. The number of carbonyl (C=O) groups excluding carboxylic acids is 1. The zero-order valence-corrected chi connectivity index (χ0v) is 12.3. The predicted molar refractivity (Wildman–Crippen MR) is 86.9 cm³/mol. The van der Waals surface area contributed by atoms with E-state index in [0.717, 1.165) is 34.0 Å². The number of hydrogen-bond acceptors (Lipinski definition) is 2. The Labute approximate surface area is 132 Å². The van der Waals surface area contributed by atoms with Crippen LogP contribution in [0, 0.1) is 5.82 Å². The molecule has 0 bridgehead atoms. The third kappa shape index (κ3) is 3.43. The Morgan fingerprint density at radius 2 is 1.52 bits per heavy atom. The number of aromatic nitrogens is 1. The van der Waals surface area contributed by atoms with E-state index in [0.29, 0.717) is 5.56 Å². The third-order valence-electron chi connectivity index (χ3n) is 3.58. The normalized spacial score (nSPS) is 10.5. The molecule has 3 rings (SSSR count). The first kappa shape index (κ1) is 14.9. The van der Waals surface area contributed by atoms with Gasteiger partial charge in [0.15, 0.2) is 5.78 Å². The molecule has 0 radical (unpaired) electrons. The van der Waals surface area contributed by atoms with Crippen molar-refractivity contribution in [2.24, 2.45) is 0 Å². The number of hydrogen-bond donors (Lipinski definition) is 0. The summed E-state index contributed by atoms with van der Waals surface area (Å²) < 4.78 is 14.2. The molecule has 1 aromatic heterocycles. The van der Waals surface area contributed by atoms with Gasteiger partial charge in [0, 0.05) is 17.8 Å². The van der Waals surface area contributed by atoms with E-state index in [1.165, 1.54) is 0 Å². The molecule has 2 aromatic carbocycles. The fourth-order valence-corrected chi connectivity index (χ4v) is 2.35. The summed E-state index contributed by atoms with van der Waals surface area (Å²) in [6.07, 6.45) is 1.04. The van der Waals surface area contributed by atoms with E-state index in [1.807, 2.05) is 42.5 Å². The number of nitrogens with zero attached hydrogens (tertiary/aromatic N) is 1. The highest BCUT2D eigenvalue weighted by Crippen LogP contribution is 2.19. The van der Waals surface area contributed by atoms with Crippen molar-refractivity contribution in [2.75, 3.05) is 0 Å². The summed E-state index contributed by atoms with van der Waals surface area (Å²) in [4.78, 5) is 23.9. The Bertz CT molecular complexity index is 883. The zero-order valence-electron chi connectivity index (χ0n) is 12.3. The summed E-state index contributed by atoms with van der Waals surface area (Å²) in [6, 6.07) is 19.2. The second kappa shape index (κ2) is 6.40. The Morgan fingerprint density at radius 3 is 2.22 bits per heavy atom. The molecule has 0 aliphatic heterocycles. The standard InChI is InChI=1S/C19H14FNO2/c20-17-10-11-19(23)21(12-17)13-18(22)16-8-6-15(7-9-16)14-4-2-1-3-5-14/h1-12H,13H2. The van der Waals surface area contributed by atoms with E-state index in [-0.39, 0.29) is 12.3 Å². The van der Waals surface area contributed by atoms with Gasteiger partial charge in [-0.1, -0.05) is 54.6 Å². The molecule has 0 spiro atoms. The van der Waals surface area contributed by atoms with Crippen LogP contribution in [0.3, 0.4) is 0 Å². The third-order valence-corrected chi connectivity index (χ3v) is 3.58. The smallest absolute Gasteiger partial charge is 0.251 e. The van der Waals surface area contributed by atoms with E-state index in [9.17, 15) is 14.0 Å². The van der Waals surface area contributed by atoms with Gasteiger partial charge in [0.25, 0.3) is 5.56 Å². The molecule has 1 heterocycles. The van der Waals surface area contributed by atoms with Gasteiger partial charge < -0.3 is 4.57 Å². The molecular formula is C19H14FNO2. The summed E-state index contributed by atoms with van der Waals surface area (Å²) in [5.41, 5.74) is 2.15. The lowest BCUT2D eigenvalue weighted by Gasteiger charge is -2.06. The van der Waals surface area contributed by atoms with Crippen molar-refractivity contribution in [1.29, 1.82) is 0 Å². The van der Waals surface area contributed by atoms with Crippen LogP contribution in [0.5, 0.6) is 0 Å². The number of carbonyl (C=O) groups is 1. The predicted octanol–water partition coefficient (Wildman–Crippen LogP) is 3.54. The summed E-state index contributed by atoms with van der Waals surface area (Å²) in [5.74, 6) is -0.783. The van der Waals surface area contributed by atoms with E-state index >= 15 is 0 Å². The molecule has 0 aliphatic rings.